The van der Waals surface area contributed by atoms with E-state index in [0.717, 1.165) is 18.7 Å². The summed E-state index contributed by atoms with van der Waals surface area (Å²) < 4.78 is 10.9. The second kappa shape index (κ2) is 13.0. The van der Waals surface area contributed by atoms with Crippen LogP contribution in [0.1, 0.15) is 10.4 Å². The first kappa shape index (κ1) is 27.7. The molecular weight excluding hydrogens is 524 g/mol. The second-order valence-corrected chi connectivity index (χ2v) is 9.28. The number of amides is 1. The van der Waals surface area contributed by atoms with Crippen molar-refractivity contribution in [3.63, 3.8) is 0 Å². The number of carbonyl (C=O) groups excluding carboxylic acids is 1. The molecule has 3 N–H and O–H groups in total. The van der Waals surface area contributed by atoms with Crippen molar-refractivity contribution < 1.29 is 19.4 Å². The van der Waals surface area contributed by atoms with Crippen molar-refractivity contribution in [1.82, 2.24) is 24.8 Å². The van der Waals surface area contributed by atoms with Gasteiger partial charge in [-0.05, 0) is 42.5 Å². The smallest absolute Gasteiger partial charge is 0.257 e. The number of methoxy groups -OCH3 is 2. The summed E-state index contributed by atoms with van der Waals surface area (Å²) in [7, 11) is 3.16. The largest absolute Gasteiger partial charge is 0.493 e. The number of anilines is 4. The lowest BCUT2D eigenvalue weighted by Crippen LogP contribution is -2.47. The Bertz CT molecular complexity index is 1460. The Morgan fingerprint density at radius 2 is 1.71 bits per heavy atom. The molecule has 12 nitrogen and oxygen atoms in total. The highest BCUT2D eigenvalue weighted by molar-refractivity contribution is 6.04. The summed E-state index contributed by atoms with van der Waals surface area (Å²) in [4.78, 5) is 35.4. The van der Waals surface area contributed by atoms with Gasteiger partial charge in [0.2, 0.25) is 11.9 Å². The number of ether oxygens (including phenoxy) is 2. The number of hydrogen-bond donors (Lipinski definition) is 3. The summed E-state index contributed by atoms with van der Waals surface area (Å²) in [5.41, 5.74) is 1.86. The predicted octanol–water partition coefficient (Wildman–Crippen LogP) is 3.06. The van der Waals surface area contributed by atoms with Crippen molar-refractivity contribution >= 4 is 29.3 Å². The standard InChI is InChI=1S/C29H32N8O4/c1-40-23-10-8-20(18-24(23)41-2)26-33-28(35-29(34-26)37-14-12-36(13-15-37)16-17-38)32-25-11-9-21(19-30-25)27(39)31-22-6-4-3-5-7-22/h3-11,18-19,38H,12-17H2,1-2H3,(H,31,39)(H,30,32,33,34,35). The fraction of sp³-hybridized carbons (Fsp3) is 0.276. The normalized spacial score (nSPS) is 13.5. The highest BCUT2D eigenvalue weighted by Gasteiger charge is 2.21. The number of aliphatic hydroxyl groups is 1. The summed E-state index contributed by atoms with van der Waals surface area (Å²) in [6.07, 6.45) is 1.50. The fourth-order valence-corrected chi connectivity index (χ4v) is 4.42. The maximum Gasteiger partial charge on any atom is 0.257 e. The highest BCUT2D eigenvalue weighted by Crippen LogP contribution is 2.32. The van der Waals surface area contributed by atoms with Gasteiger partial charge in [-0.25, -0.2) is 4.98 Å². The van der Waals surface area contributed by atoms with E-state index < -0.39 is 0 Å². The summed E-state index contributed by atoms with van der Waals surface area (Å²) in [6, 6.07) is 18.1. The molecule has 1 aliphatic rings. The van der Waals surface area contributed by atoms with Gasteiger partial charge in [0.25, 0.3) is 5.91 Å². The summed E-state index contributed by atoms with van der Waals surface area (Å²) in [6.45, 7) is 3.75. The lowest BCUT2D eigenvalue weighted by atomic mass is 10.2. The lowest BCUT2D eigenvalue weighted by Gasteiger charge is -2.34. The van der Waals surface area contributed by atoms with Gasteiger partial charge in [-0.1, -0.05) is 18.2 Å². The van der Waals surface area contributed by atoms with E-state index in [1.54, 1.807) is 32.4 Å². The van der Waals surface area contributed by atoms with Gasteiger partial charge in [-0.3, -0.25) is 9.69 Å². The van der Waals surface area contributed by atoms with Gasteiger partial charge >= 0.3 is 0 Å². The molecule has 212 valence electrons. The molecule has 1 aliphatic heterocycles. The number of benzene rings is 2. The average molecular weight is 557 g/mol. The van der Waals surface area contributed by atoms with Crippen molar-refractivity contribution in [2.75, 3.05) is 69.1 Å². The molecule has 0 radical (unpaired) electrons. The summed E-state index contributed by atoms with van der Waals surface area (Å²) in [5, 5.41) is 15.3. The molecule has 0 aliphatic carbocycles. The number of pyridine rings is 1. The van der Waals surface area contributed by atoms with Crippen molar-refractivity contribution in [2.45, 2.75) is 0 Å². The minimum atomic E-state index is -0.256. The van der Waals surface area contributed by atoms with Crippen molar-refractivity contribution in [1.29, 1.82) is 0 Å². The number of β-amino-alcohol motifs (C(OH)–C–C–N with tert-alkyl or cyclic N) is 1. The maximum absolute atomic E-state index is 12.6. The van der Waals surface area contributed by atoms with Gasteiger partial charge in [-0.15, -0.1) is 0 Å². The van der Waals surface area contributed by atoms with Gasteiger partial charge in [-0.2, -0.15) is 15.0 Å². The van der Waals surface area contributed by atoms with Crippen LogP contribution in [-0.4, -0.2) is 89.4 Å². The molecule has 0 unspecified atom stereocenters. The van der Waals surface area contributed by atoms with E-state index >= 15 is 0 Å². The number of nitrogens with zero attached hydrogens (tertiary/aromatic N) is 6. The molecule has 12 heteroatoms. The average Bonchev–Trinajstić information content (AvgIpc) is 3.02. The number of piperazine rings is 1. The summed E-state index contributed by atoms with van der Waals surface area (Å²) in [5.74, 6) is 2.67. The Hall–Kier alpha value is -4.81. The molecule has 2 aromatic carbocycles. The number of aliphatic hydroxyl groups excluding tert-OH is 1. The van der Waals surface area contributed by atoms with Crippen LogP contribution >= 0.6 is 0 Å². The maximum atomic E-state index is 12.6. The van der Waals surface area contributed by atoms with Crippen LogP contribution in [0.4, 0.5) is 23.4 Å². The topological polar surface area (TPSA) is 138 Å². The van der Waals surface area contributed by atoms with E-state index in [9.17, 15) is 9.90 Å². The molecular formula is C29H32N8O4. The first-order valence-electron chi connectivity index (χ1n) is 13.2. The van der Waals surface area contributed by atoms with Crippen LogP contribution in [0.15, 0.2) is 66.9 Å². The first-order valence-corrected chi connectivity index (χ1v) is 13.2. The number of rotatable bonds is 10. The van der Waals surface area contributed by atoms with Gasteiger partial charge in [0.1, 0.15) is 5.82 Å². The van der Waals surface area contributed by atoms with Crippen LogP contribution in [0, 0.1) is 0 Å². The van der Waals surface area contributed by atoms with E-state index in [4.69, 9.17) is 14.5 Å². The SMILES string of the molecule is COc1ccc(-c2nc(Nc3ccc(C(=O)Nc4ccccc4)cn3)nc(N3CCN(CCO)CC3)n2)cc1OC. The van der Waals surface area contributed by atoms with Gasteiger partial charge in [0.15, 0.2) is 17.3 Å². The van der Waals surface area contributed by atoms with Crippen molar-refractivity contribution in [2.24, 2.45) is 0 Å². The lowest BCUT2D eigenvalue weighted by molar-refractivity contribution is 0.102. The zero-order chi connectivity index (χ0) is 28.6. The van der Waals surface area contributed by atoms with E-state index in [-0.39, 0.29) is 12.5 Å². The van der Waals surface area contributed by atoms with E-state index in [0.29, 0.717) is 65.9 Å². The van der Waals surface area contributed by atoms with Crippen LogP contribution in [0.25, 0.3) is 11.4 Å². The highest BCUT2D eigenvalue weighted by atomic mass is 16.5. The molecule has 41 heavy (non-hydrogen) atoms. The molecule has 1 fully saturated rings. The molecule has 0 bridgehead atoms. The zero-order valence-electron chi connectivity index (χ0n) is 22.9. The van der Waals surface area contributed by atoms with Gasteiger partial charge in [0, 0.05) is 50.2 Å². The number of carbonyl (C=O) groups is 1. The molecule has 0 spiro atoms. The summed E-state index contributed by atoms with van der Waals surface area (Å²) >= 11 is 0. The predicted molar refractivity (Wildman–Crippen MR) is 156 cm³/mol. The van der Waals surface area contributed by atoms with Crippen LogP contribution in [0.2, 0.25) is 0 Å². The number of nitrogens with one attached hydrogen (secondary N) is 2. The quantitative estimate of drug-likeness (QED) is 0.266. The van der Waals surface area contributed by atoms with Crippen LogP contribution in [0.5, 0.6) is 11.5 Å². The Kier molecular flexibility index (Phi) is 8.82. The van der Waals surface area contributed by atoms with Crippen molar-refractivity contribution in [3.05, 3.63) is 72.4 Å². The van der Waals surface area contributed by atoms with E-state index in [1.807, 2.05) is 42.5 Å². The molecule has 5 rings (SSSR count). The molecule has 0 atom stereocenters. The molecule has 1 saturated heterocycles. The molecule has 1 amide bonds. The van der Waals surface area contributed by atoms with Gasteiger partial charge in [0.05, 0.1) is 26.4 Å². The third-order valence-corrected chi connectivity index (χ3v) is 6.63. The number of para-hydroxylation sites is 1. The van der Waals surface area contributed by atoms with Crippen LogP contribution in [0.3, 0.4) is 0 Å². The first-order chi connectivity index (χ1) is 20.1. The Morgan fingerprint density at radius 3 is 2.39 bits per heavy atom. The third kappa shape index (κ3) is 6.86. The molecule has 0 saturated carbocycles. The van der Waals surface area contributed by atoms with Gasteiger partial charge < -0.3 is 30.1 Å². The van der Waals surface area contributed by atoms with E-state index in [2.05, 4.69) is 35.4 Å². The third-order valence-electron chi connectivity index (χ3n) is 6.63. The number of hydrogen-bond acceptors (Lipinski definition) is 11. The monoisotopic (exact) mass is 556 g/mol. The minimum Gasteiger partial charge on any atom is -0.493 e. The Morgan fingerprint density at radius 1 is 0.927 bits per heavy atom. The Balaban J connectivity index is 1.40. The van der Waals surface area contributed by atoms with Crippen LogP contribution in [-0.2, 0) is 0 Å². The number of aromatic nitrogens is 4. The fourth-order valence-electron chi connectivity index (χ4n) is 4.42. The Labute approximate surface area is 238 Å². The molecule has 3 heterocycles. The van der Waals surface area contributed by atoms with Crippen LogP contribution < -0.4 is 25.0 Å². The van der Waals surface area contributed by atoms with E-state index in [1.165, 1.54) is 6.20 Å². The molecule has 2 aromatic heterocycles. The van der Waals surface area contributed by atoms with Crippen molar-refractivity contribution in [3.8, 4) is 22.9 Å². The molecule has 4 aromatic rings. The second-order valence-electron chi connectivity index (χ2n) is 9.28. The minimum absolute atomic E-state index is 0.128. The zero-order valence-corrected chi connectivity index (χ0v) is 22.9.